The van der Waals surface area contributed by atoms with Crippen LogP contribution in [0.4, 0.5) is 4.39 Å². The number of hydrogen-bond acceptors (Lipinski definition) is 3. The Labute approximate surface area is 125 Å². The van der Waals surface area contributed by atoms with Gasteiger partial charge in [-0.2, -0.15) is 0 Å². The molecule has 4 heteroatoms. The van der Waals surface area contributed by atoms with Crippen LogP contribution in [0.3, 0.4) is 0 Å². The summed E-state index contributed by atoms with van der Waals surface area (Å²) in [4.78, 5) is 2.12. The van der Waals surface area contributed by atoms with E-state index in [2.05, 4.69) is 4.90 Å². The largest absolute Gasteiger partial charge is 0.497 e. The summed E-state index contributed by atoms with van der Waals surface area (Å²) in [7, 11) is 3.65. The van der Waals surface area contributed by atoms with E-state index in [0.717, 1.165) is 23.4 Å². The minimum atomic E-state index is -0.251. The Balaban J connectivity index is 1.96. The average molecular weight is 288 g/mol. The Bertz CT molecular complexity index is 589. The molecule has 2 rings (SSSR count). The fraction of sp³-hybridized carbons (Fsp3) is 0.294. The number of nitrogens with zero attached hydrogens (tertiary/aromatic N) is 1. The Hall–Kier alpha value is -1.91. The topological polar surface area (TPSA) is 38.5 Å². The van der Waals surface area contributed by atoms with E-state index in [4.69, 9.17) is 10.5 Å². The van der Waals surface area contributed by atoms with Crippen LogP contribution in [0, 0.1) is 5.82 Å². The van der Waals surface area contributed by atoms with Crippen molar-refractivity contribution < 1.29 is 9.13 Å². The highest BCUT2D eigenvalue weighted by atomic mass is 19.1. The highest BCUT2D eigenvalue weighted by molar-refractivity contribution is 5.28. The van der Waals surface area contributed by atoms with Crippen LogP contribution in [0.5, 0.6) is 5.75 Å². The van der Waals surface area contributed by atoms with Crippen LogP contribution >= 0.6 is 0 Å². The fourth-order valence-corrected chi connectivity index (χ4v) is 2.33. The molecule has 3 nitrogen and oxygen atoms in total. The minimum Gasteiger partial charge on any atom is -0.497 e. The molecule has 0 amide bonds. The first kappa shape index (κ1) is 15.5. The monoisotopic (exact) mass is 288 g/mol. The highest BCUT2D eigenvalue weighted by Gasteiger charge is 2.10. The lowest BCUT2D eigenvalue weighted by Gasteiger charge is -2.22. The fourth-order valence-electron chi connectivity index (χ4n) is 2.33. The molecule has 0 heterocycles. The van der Waals surface area contributed by atoms with E-state index < -0.39 is 0 Å². The second-order valence-corrected chi connectivity index (χ2v) is 5.21. The molecular formula is C17H21FN2O. The van der Waals surface area contributed by atoms with Gasteiger partial charge in [0.25, 0.3) is 0 Å². The molecule has 21 heavy (non-hydrogen) atoms. The van der Waals surface area contributed by atoms with Crippen molar-refractivity contribution in [3.63, 3.8) is 0 Å². The van der Waals surface area contributed by atoms with Gasteiger partial charge in [-0.25, -0.2) is 4.39 Å². The van der Waals surface area contributed by atoms with Crippen LogP contribution in [0.2, 0.25) is 0 Å². The molecule has 0 bridgehead atoms. The Morgan fingerprint density at radius 3 is 2.67 bits per heavy atom. The van der Waals surface area contributed by atoms with Gasteiger partial charge in [-0.3, -0.25) is 0 Å². The minimum absolute atomic E-state index is 0.212. The van der Waals surface area contributed by atoms with Crippen LogP contribution < -0.4 is 10.5 Å². The van der Waals surface area contributed by atoms with Crippen LogP contribution in [0.25, 0.3) is 0 Å². The van der Waals surface area contributed by atoms with Gasteiger partial charge >= 0.3 is 0 Å². The summed E-state index contributed by atoms with van der Waals surface area (Å²) in [6.07, 6.45) is 0. The van der Waals surface area contributed by atoms with E-state index >= 15 is 0 Å². The zero-order valence-corrected chi connectivity index (χ0v) is 12.4. The summed E-state index contributed by atoms with van der Waals surface area (Å²) < 4.78 is 18.4. The molecule has 0 spiro atoms. The highest BCUT2D eigenvalue weighted by Crippen LogP contribution is 2.16. The number of likely N-dealkylation sites (N-methyl/N-ethyl adjacent to an activating group) is 1. The third-order valence-corrected chi connectivity index (χ3v) is 3.37. The van der Waals surface area contributed by atoms with Gasteiger partial charge in [-0.05, 0) is 42.4 Å². The van der Waals surface area contributed by atoms with Gasteiger partial charge in [0.2, 0.25) is 0 Å². The van der Waals surface area contributed by atoms with Crippen LogP contribution in [0.1, 0.15) is 17.2 Å². The predicted octanol–water partition coefficient (Wildman–Crippen LogP) is 2.97. The van der Waals surface area contributed by atoms with Crippen molar-refractivity contribution in [1.29, 1.82) is 0 Å². The molecule has 0 fully saturated rings. The van der Waals surface area contributed by atoms with E-state index in [-0.39, 0.29) is 11.9 Å². The molecule has 0 aliphatic rings. The third kappa shape index (κ3) is 4.55. The first-order chi connectivity index (χ1) is 10.1. The number of benzene rings is 2. The molecule has 2 aromatic carbocycles. The molecule has 0 aliphatic heterocycles. The molecule has 1 atom stereocenters. The molecule has 2 aromatic rings. The van der Waals surface area contributed by atoms with Gasteiger partial charge < -0.3 is 15.4 Å². The second kappa shape index (κ2) is 7.20. The standard InChI is InChI=1S/C17H21FN2O/c1-20(11-13-5-3-8-16(9-13)21-2)12-17(19)14-6-4-7-15(18)10-14/h3-10,17H,11-12,19H2,1-2H3. The Kier molecular flexibility index (Phi) is 5.31. The summed E-state index contributed by atoms with van der Waals surface area (Å²) in [5, 5.41) is 0. The van der Waals surface area contributed by atoms with Gasteiger partial charge in [-0.1, -0.05) is 24.3 Å². The number of hydrogen-bond donors (Lipinski definition) is 1. The van der Waals surface area contributed by atoms with Gasteiger partial charge in [0.05, 0.1) is 7.11 Å². The average Bonchev–Trinajstić information content (AvgIpc) is 2.47. The Morgan fingerprint density at radius 1 is 1.19 bits per heavy atom. The van der Waals surface area contributed by atoms with Crippen molar-refractivity contribution in [3.8, 4) is 5.75 Å². The normalized spacial score (nSPS) is 12.4. The van der Waals surface area contributed by atoms with Gasteiger partial charge in [0.15, 0.2) is 0 Å². The van der Waals surface area contributed by atoms with E-state index in [9.17, 15) is 4.39 Å². The van der Waals surface area contributed by atoms with Gasteiger partial charge in [0, 0.05) is 19.1 Å². The van der Waals surface area contributed by atoms with E-state index in [1.54, 1.807) is 13.2 Å². The van der Waals surface area contributed by atoms with Crippen molar-refractivity contribution in [1.82, 2.24) is 4.90 Å². The molecule has 2 N–H and O–H groups in total. The van der Waals surface area contributed by atoms with Crippen molar-refractivity contribution in [2.75, 3.05) is 20.7 Å². The maximum Gasteiger partial charge on any atom is 0.123 e. The zero-order valence-electron chi connectivity index (χ0n) is 12.4. The number of nitrogens with two attached hydrogens (primary N) is 1. The lowest BCUT2D eigenvalue weighted by atomic mass is 10.1. The number of methoxy groups -OCH3 is 1. The van der Waals surface area contributed by atoms with E-state index in [1.165, 1.54) is 12.1 Å². The smallest absolute Gasteiger partial charge is 0.123 e. The lowest BCUT2D eigenvalue weighted by Crippen LogP contribution is -2.28. The Morgan fingerprint density at radius 2 is 1.95 bits per heavy atom. The maximum absolute atomic E-state index is 13.2. The van der Waals surface area contributed by atoms with Crippen LogP contribution in [-0.4, -0.2) is 25.6 Å². The maximum atomic E-state index is 13.2. The summed E-state index contributed by atoms with van der Waals surface area (Å²) in [6.45, 7) is 1.42. The predicted molar refractivity (Wildman–Crippen MR) is 82.7 cm³/mol. The first-order valence-electron chi connectivity index (χ1n) is 6.91. The van der Waals surface area contributed by atoms with Crippen LogP contribution in [-0.2, 0) is 6.54 Å². The van der Waals surface area contributed by atoms with Gasteiger partial charge in [-0.15, -0.1) is 0 Å². The first-order valence-corrected chi connectivity index (χ1v) is 6.91. The molecule has 0 saturated carbocycles. The number of halogens is 1. The lowest BCUT2D eigenvalue weighted by molar-refractivity contribution is 0.304. The molecule has 1 unspecified atom stereocenters. The number of rotatable bonds is 6. The summed E-state index contributed by atoms with van der Waals surface area (Å²) in [5.41, 5.74) is 8.11. The van der Waals surface area contributed by atoms with E-state index in [0.29, 0.717) is 6.54 Å². The molecule has 0 radical (unpaired) electrons. The zero-order chi connectivity index (χ0) is 15.2. The third-order valence-electron chi connectivity index (χ3n) is 3.37. The number of ether oxygens (including phenoxy) is 1. The summed E-state index contributed by atoms with van der Waals surface area (Å²) in [5.74, 6) is 0.591. The molecule has 112 valence electrons. The summed E-state index contributed by atoms with van der Waals surface area (Å²) in [6, 6.07) is 14.2. The van der Waals surface area contributed by atoms with Crippen molar-refractivity contribution in [2.45, 2.75) is 12.6 Å². The molecular weight excluding hydrogens is 267 g/mol. The SMILES string of the molecule is COc1cccc(CN(C)CC(N)c2cccc(F)c2)c1. The van der Waals surface area contributed by atoms with Crippen molar-refractivity contribution in [3.05, 3.63) is 65.5 Å². The quantitative estimate of drug-likeness (QED) is 0.888. The second-order valence-electron chi connectivity index (χ2n) is 5.21. The van der Waals surface area contributed by atoms with E-state index in [1.807, 2.05) is 37.4 Å². The van der Waals surface area contributed by atoms with Crippen LogP contribution in [0.15, 0.2) is 48.5 Å². The summed E-state index contributed by atoms with van der Waals surface area (Å²) >= 11 is 0. The van der Waals surface area contributed by atoms with Crippen molar-refractivity contribution >= 4 is 0 Å². The van der Waals surface area contributed by atoms with Gasteiger partial charge in [0.1, 0.15) is 11.6 Å². The van der Waals surface area contributed by atoms with Crippen molar-refractivity contribution in [2.24, 2.45) is 5.73 Å². The molecule has 0 aromatic heterocycles. The molecule has 0 aliphatic carbocycles. The molecule has 0 saturated heterocycles.